The van der Waals surface area contributed by atoms with Crippen LogP contribution in [0.4, 0.5) is 0 Å². The van der Waals surface area contributed by atoms with Crippen molar-refractivity contribution >= 4 is 35.2 Å². The second kappa shape index (κ2) is 9.90. The number of allylic oxidation sites excluding steroid dienone is 4. The van der Waals surface area contributed by atoms with E-state index < -0.39 is 16.9 Å². The van der Waals surface area contributed by atoms with Crippen LogP contribution in [0.25, 0.3) is 0 Å². The molecule has 0 aromatic carbocycles. The molecular formula is C14H25Cl2PTi. The van der Waals surface area contributed by atoms with E-state index in [0.29, 0.717) is 0 Å². The molecule has 2 aliphatic carbocycles. The minimum atomic E-state index is -0.986. The average molecular weight is 343 g/mol. The van der Waals surface area contributed by atoms with Crippen molar-refractivity contribution in [1.29, 1.82) is 0 Å². The molecule has 0 heterocycles. The molecule has 1 saturated carbocycles. The molecule has 18 heavy (non-hydrogen) atoms. The van der Waals surface area contributed by atoms with Gasteiger partial charge in [-0.3, -0.25) is 0 Å². The van der Waals surface area contributed by atoms with Crippen LogP contribution in [0.3, 0.4) is 0 Å². The van der Waals surface area contributed by atoms with Gasteiger partial charge in [-0.1, -0.05) is 0 Å². The van der Waals surface area contributed by atoms with Crippen LogP contribution in [0, 0.1) is 0 Å². The number of halogens is 2. The van der Waals surface area contributed by atoms with Crippen molar-refractivity contribution in [2.24, 2.45) is 0 Å². The molecule has 0 saturated heterocycles. The Balaban J connectivity index is 0.00000144. The second-order valence-electron chi connectivity index (χ2n) is 5.18. The van der Waals surface area contributed by atoms with Crippen LogP contribution in [0.1, 0.15) is 52.4 Å². The van der Waals surface area contributed by atoms with E-state index in [1.807, 2.05) is 3.88 Å². The smallest absolute Gasteiger partial charge is 0.147 e. The molecule has 2 rings (SSSR count). The SMILES string of the molecule is C[C](C)=[Ti]([PH]C1CCCCC1)[C]1=CC=CC1.Cl.Cl. The van der Waals surface area contributed by atoms with Gasteiger partial charge < -0.3 is 0 Å². The Morgan fingerprint density at radius 3 is 2.33 bits per heavy atom. The van der Waals surface area contributed by atoms with Crippen LogP contribution in [-0.4, -0.2) is 9.47 Å². The van der Waals surface area contributed by atoms with Crippen LogP contribution < -0.4 is 0 Å². The Bertz CT molecular complexity index is 338. The average Bonchev–Trinajstić information content (AvgIpc) is 2.80. The van der Waals surface area contributed by atoms with E-state index in [-0.39, 0.29) is 24.8 Å². The predicted molar refractivity (Wildman–Crippen MR) is 87.9 cm³/mol. The maximum atomic E-state index is 2.43. The van der Waals surface area contributed by atoms with Crippen molar-refractivity contribution in [3.05, 3.63) is 22.1 Å². The third-order valence-electron chi connectivity index (χ3n) is 3.55. The van der Waals surface area contributed by atoms with Gasteiger partial charge in [0.2, 0.25) is 0 Å². The topological polar surface area (TPSA) is 0 Å². The maximum Gasteiger partial charge on any atom is -0.147 e. The van der Waals surface area contributed by atoms with E-state index >= 15 is 0 Å². The van der Waals surface area contributed by atoms with Gasteiger partial charge in [0.05, 0.1) is 0 Å². The largest absolute Gasteiger partial charge is 0.147 e. The number of hydrogen-bond acceptors (Lipinski definition) is 0. The molecule has 0 aliphatic heterocycles. The van der Waals surface area contributed by atoms with E-state index in [9.17, 15) is 0 Å². The Morgan fingerprint density at radius 1 is 1.17 bits per heavy atom. The summed E-state index contributed by atoms with van der Waals surface area (Å²) in [6.07, 6.45) is 15.9. The molecule has 1 unspecified atom stereocenters. The van der Waals surface area contributed by atoms with Gasteiger partial charge in [-0.2, -0.15) is 0 Å². The third-order valence-corrected chi connectivity index (χ3v) is 14.6. The Labute approximate surface area is 131 Å². The number of hydrogen-bond donors (Lipinski definition) is 0. The Morgan fingerprint density at radius 2 is 1.83 bits per heavy atom. The quantitative estimate of drug-likeness (QED) is 0.473. The summed E-state index contributed by atoms with van der Waals surface area (Å²) in [5, 5.41) is 0. The standard InChI is InChI=1S/C6H12P.C5H5.C3H6.2ClH.Ti/c7-6-4-2-1-3-5-6;1-2-4-5-3-1;1-3-2;;;/h6-7H,1-5H2;1-3H,4H2;1-2H3;2*1H;/q-1;;;;;+1. The zero-order chi connectivity index (χ0) is 11.4. The normalized spacial score (nSPS) is 19.3. The molecule has 1 fully saturated rings. The van der Waals surface area contributed by atoms with E-state index in [1.165, 1.54) is 45.1 Å². The van der Waals surface area contributed by atoms with Crippen LogP contribution in [0.15, 0.2) is 22.1 Å². The van der Waals surface area contributed by atoms with E-state index in [2.05, 4.69) is 32.1 Å². The molecular weight excluding hydrogens is 318 g/mol. The first-order chi connectivity index (χ1) is 7.77. The first-order valence-corrected chi connectivity index (χ1v) is 11.6. The van der Waals surface area contributed by atoms with Crippen molar-refractivity contribution in [2.45, 2.75) is 58.0 Å². The Kier molecular flexibility index (Phi) is 10.5. The minimum Gasteiger partial charge on any atom is -0.147 e. The molecule has 0 bridgehead atoms. The Hall–Kier alpha value is 1.07. The van der Waals surface area contributed by atoms with Gasteiger partial charge in [-0.25, -0.2) is 0 Å². The van der Waals surface area contributed by atoms with E-state index in [0.717, 1.165) is 5.66 Å². The second-order valence-corrected chi connectivity index (χ2v) is 13.4. The minimum absolute atomic E-state index is 0. The van der Waals surface area contributed by atoms with Gasteiger partial charge >= 0.3 is 107 Å². The van der Waals surface area contributed by atoms with Crippen molar-refractivity contribution < 1.29 is 16.9 Å². The molecule has 1 atom stereocenters. The van der Waals surface area contributed by atoms with Gasteiger partial charge in [0.25, 0.3) is 0 Å². The fraction of sp³-hybridized carbons (Fsp3) is 0.643. The molecule has 104 valence electrons. The summed E-state index contributed by atoms with van der Waals surface area (Å²) < 4.78 is 3.63. The van der Waals surface area contributed by atoms with Gasteiger partial charge in [0.1, 0.15) is 0 Å². The van der Waals surface area contributed by atoms with Crippen LogP contribution in [-0.2, 0) is 16.9 Å². The molecule has 0 spiro atoms. The fourth-order valence-corrected chi connectivity index (χ4v) is 12.4. The van der Waals surface area contributed by atoms with Crippen molar-refractivity contribution in [2.75, 3.05) is 0 Å². The van der Waals surface area contributed by atoms with E-state index in [4.69, 9.17) is 0 Å². The monoisotopic (exact) mass is 342 g/mol. The van der Waals surface area contributed by atoms with Crippen LogP contribution in [0.2, 0.25) is 0 Å². The van der Waals surface area contributed by atoms with Crippen LogP contribution >= 0.6 is 31.4 Å². The molecule has 0 radical (unpaired) electrons. The first kappa shape index (κ1) is 19.1. The van der Waals surface area contributed by atoms with Gasteiger partial charge in [-0.15, -0.1) is 24.8 Å². The molecule has 2 aliphatic rings. The summed E-state index contributed by atoms with van der Waals surface area (Å²) in [5.74, 6) is 0. The molecule has 4 heteroatoms. The molecule has 0 nitrogen and oxygen atoms in total. The van der Waals surface area contributed by atoms with Crippen molar-refractivity contribution in [3.63, 3.8) is 0 Å². The predicted octanol–water partition coefficient (Wildman–Crippen LogP) is 5.43. The van der Waals surface area contributed by atoms with Gasteiger partial charge in [0, 0.05) is 0 Å². The van der Waals surface area contributed by atoms with Gasteiger partial charge in [-0.05, 0) is 0 Å². The van der Waals surface area contributed by atoms with Crippen molar-refractivity contribution in [3.8, 4) is 0 Å². The molecule has 0 aromatic rings. The van der Waals surface area contributed by atoms with Crippen LogP contribution in [0.5, 0.6) is 0 Å². The van der Waals surface area contributed by atoms with E-state index in [1.54, 1.807) is 3.81 Å². The number of rotatable bonds is 3. The summed E-state index contributed by atoms with van der Waals surface area (Å²) in [6, 6.07) is 0. The summed E-state index contributed by atoms with van der Waals surface area (Å²) in [7, 11) is 0. The third kappa shape index (κ3) is 5.60. The van der Waals surface area contributed by atoms with Crippen molar-refractivity contribution in [1.82, 2.24) is 0 Å². The maximum absolute atomic E-state index is 2.43. The summed E-state index contributed by atoms with van der Waals surface area (Å²) >= 11 is -0.986. The summed E-state index contributed by atoms with van der Waals surface area (Å²) in [4.78, 5) is 0. The molecule has 0 aromatic heterocycles. The zero-order valence-electron chi connectivity index (χ0n) is 11.4. The zero-order valence-corrected chi connectivity index (χ0v) is 15.6. The molecule has 0 amide bonds. The van der Waals surface area contributed by atoms with Gasteiger partial charge in [0.15, 0.2) is 0 Å². The molecule has 0 N–H and O–H groups in total. The summed E-state index contributed by atoms with van der Waals surface area (Å²) in [5.41, 5.74) is 1.10. The summed E-state index contributed by atoms with van der Waals surface area (Å²) in [6.45, 7) is 6.09. The first-order valence-electron chi connectivity index (χ1n) is 6.57. The fourth-order valence-electron chi connectivity index (χ4n) is 2.64.